The zero-order valence-electron chi connectivity index (χ0n) is 4.57. The van der Waals surface area contributed by atoms with Gasteiger partial charge in [0, 0.05) is 0 Å². The highest BCUT2D eigenvalue weighted by atomic mass is 32.1. The van der Waals surface area contributed by atoms with Crippen molar-refractivity contribution in [1.29, 1.82) is 0 Å². The summed E-state index contributed by atoms with van der Waals surface area (Å²) in [6, 6.07) is 0. The number of allylic oxidation sites excluding steroid dienone is 1. The molecule has 0 aromatic carbocycles. The Morgan fingerprint density at radius 1 is 1.67 bits per heavy atom. The highest BCUT2D eigenvalue weighted by Gasteiger charge is 2.17. The van der Waals surface area contributed by atoms with Crippen LogP contribution in [0.1, 0.15) is 0 Å². The number of carbonyl (C=O) groups excluding carboxylic acids is 1. The van der Waals surface area contributed by atoms with E-state index >= 15 is 0 Å². The van der Waals surface area contributed by atoms with Crippen LogP contribution in [0.2, 0.25) is 0 Å². The third-order valence-corrected chi connectivity index (χ3v) is 1.18. The van der Waals surface area contributed by atoms with Gasteiger partial charge in [-0.05, 0) is 6.08 Å². The van der Waals surface area contributed by atoms with Crippen LogP contribution in [0.5, 0.6) is 0 Å². The van der Waals surface area contributed by atoms with E-state index in [0.29, 0.717) is 0 Å². The number of carbonyl (C=O) groups is 2. The van der Waals surface area contributed by atoms with Crippen LogP contribution in [0.4, 0.5) is 0 Å². The van der Waals surface area contributed by atoms with Crippen LogP contribution in [-0.4, -0.2) is 22.1 Å². The largest absolute Gasteiger partial charge is 0.480 e. The number of hydrogen-bond donors (Lipinski definition) is 2. The summed E-state index contributed by atoms with van der Waals surface area (Å²) in [5, 5.41) is 6.88. The quantitative estimate of drug-likeness (QED) is 0.338. The van der Waals surface area contributed by atoms with Crippen molar-refractivity contribution in [3.05, 3.63) is 12.7 Å². The summed E-state index contributed by atoms with van der Waals surface area (Å²) in [5.41, 5.74) is 0. The number of ketones is 1. The van der Waals surface area contributed by atoms with Gasteiger partial charge in [-0.3, -0.25) is 9.59 Å². The summed E-state index contributed by atoms with van der Waals surface area (Å²) < 4.78 is 0. The Hall–Kier alpha value is -0.770. The minimum Gasteiger partial charge on any atom is -0.480 e. The van der Waals surface area contributed by atoms with E-state index in [1.165, 1.54) is 0 Å². The van der Waals surface area contributed by atoms with Crippen molar-refractivity contribution >= 4 is 24.4 Å². The molecule has 9 heavy (non-hydrogen) atoms. The van der Waals surface area contributed by atoms with E-state index in [-0.39, 0.29) is 0 Å². The minimum absolute atomic E-state index is 0.592. The lowest BCUT2D eigenvalue weighted by Crippen LogP contribution is -2.21. The third kappa shape index (κ3) is 2.32. The molecule has 1 unspecified atom stereocenters. The van der Waals surface area contributed by atoms with Crippen LogP contribution in [0.15, 0.2) is 12.7 Å². The molecule has 1 atom stereocenters. The van der Waals surface area contributed by atoms with E-state index in [1.54, 1.807) is 0 Å². The average Bonchev–Trinajstić information content (AvgIpc) is 1.84. The smallest absolute Gasteiger partial charge is 0.324 e. The molecule has 1 N–H and O–H groups in total. The summed E-state index contributed by atoms with van der Waals surface area (Å²) in [6.07, 6.45) is 0.936. The highest BCUT2D eigenvalue weighted by molar-refractivity contribution is 7.82. The van der Waals surface area contributed by atoms with E-state index in [2.05, 4.69) is 19.2 Å². The molecule has 0 saturated heterocycles. The molecule has 0 radical (unpaired) electrons. The van der Waals surface area contributed by atoms with Crippen molar-refractivity contribution in [1.82, 2.24) is 0 Å². The lowest BCUT2D eigenvalue weighted by Gasteiger charge is -1.96. The first-order valence-corrected chi connectivity index (χ1v) is 2.68. The molecule has 3 nitrogen and oxygen atoms in total. The number of hydrogen-bond acceptors (Lipinski definition) is 3. The molecule has 0 heterocycles. The number of thiol groups is 1. The van der Waals surface area contributed by atoms with Crippen molar-refractivity contribution < 1.29 is 14.7 Å². The Kier molecular flexibility index (Phi) is 3.01. The normalized spacial score (nSPS) is 12.1. The van der Waals surface area contributed by atoms with Crippen LogP contribution >= 0.6 is 12.6 Å². The predicted molar refractivity (Wildman–Crippen MR) is 35.6 cm³/mol. The van der Waals surface area contributed by atoms with Gasteiger partial charge in [0.05, 0.1) is 0 Å². The Morgan fingerprint density at radius 3 is 2.22 bits per heavy atom. The SMILES string of the molecule is C=CC(=O)C(S)C(=O)O. The standard InChI is InChI=1S/C5H6O3S/c1-2-3(6)4(9)5(7)8/h2,4,9H,1H2,(H,7,8). The van der Waals surface area contributed by atoms with Gasteiger partial charge in [0.1, 0.15) is 0 Å². The summed E-state index contributed by atoms with van der Waals surface area (Å²) in [6.45, 7) is 3.10. The van der Waals surface area contributed by atoms with Crippen LogP contribution in [0, 0.1) is 0 Å². The number of aliphatic carboxylic acids is 1. The fourth-order valence-electron chi connectivity index (χ4n) is 0.233. The maximum absolute atomic E-state index is 10.4. The van der Waals surface area contributed by atoms with Gasteiger partial charge in [-0.25, -0.2) is 0 Å². The summed E-state index contributed by atoms with van der Waals surface area (Å²) in [5.74, 6) is -1.84. The van der Waals surface area contributed by atoms with Crippen molar-refractivity contribution in [3.63, 3.8) is 0 Å². The van der Waals surface area contributed by atoms with Gasteiger partial charge in [0.2, 0.25) is 0 Å². The number of rotatable bonds is 3. The molecule has 0 aliphatic rings. The van der Waals surface area contributed by atoms with Gasteiger partial charge in [0.25, 0.3) is 0 Å². The summed E-state index contributed by atoms with van der Waals surface area (Å²) in [7, 11) is 0. The molecule has 0 spiro atoms. The highest BCUT2D eigenvalue weighted by Crippen LogP contribution is 1.96. The van der Waals surface area contributed by atoms with Crippen LogP contribution in [0.3, 0.4) is 0 Å². The molecular weight excluding hydrogens is 140 g/mol. The van der Waals surface area contributed by atoms with E-state index in [4.69, 9.17) is 5.11 Å². The topological polar surface area (TPSA) is 54.4 Å². The molecule has 50 valence electrons. The van der Waals surface area contributed by atoms with E-state index in [9.17, 15) is 9.59 Å². The van der Waals surface area contributed by atoms with Gasteiger partial charge in [0.15, 0.2) is 11.0 Å². The molecule has 0 fully saturated rings. The molecule has 0 aliphatic heterocycles. The minimum atomic E-state index is -1.26. The van der Waals surface area contributed by atoms with Crippen LogP contribution < -0.4 is 0 Å². The van der Waals surface area contributed by atoms with E-state index in [0.717, 1.165) is 6.08 Å². The third-order valence-electron chi connectivity index (χ3n) is 0.705. The zero-order chi connectivity index (χ0) is 7.44. The van der Waals surface area contributed by atoms with Crippen molar-refractivity contribution in [2.24, 2.45) is 0 Å². The lowest BCUT2D eigenvalue weighted by molar-refractivity contribution is -0.138. The van der Waals surface area contributed by atoms with Gasteiger partial charge in [-0.15, -0.1) is 0 Å². The Balaban J connectivity index is 4.03. The van der Waals surface area contributed by atoms with Gasteiger partial charge >= 0.3 is 5.97 Å². The first kappa shape index (κ1) is 8.23. The van der Waals surface area contributed by atoms with E-state index in [1.807, 2.05) is 0 Å². The fourth-order valence-corrected chi connectivity index (χ4v) is 0.339. The predicted octanol–water partition coefficient (Wildman–Crippen LogP) is 0.124. The molecule has 4 heteroatoms. The van der Waals surface area contributed by atoms with Gasteiger partial charge < -0.3 is 5.11 Å². The van der Waals surface area contributed by atoms with E-state index < -0.39 is 17.0 Å². The molecule has 0 aromatic rings. The fraction of sp³-hybridized carbons (Fsp3) is 0.200. The Morgan fingerprint density at radius 2 is 2.11 bits per heavy atom. The number of carboxylic acids is 1. The van der Waals surface area contributed by atoms with Crippen LogP contribution in [-0.2, 0) is 9.59 Å². The van der Waals surface area contributed by atoms with Crippen molar-refractivity contribution in [2.45, 2.75) is 5.25 Å². The van der Waals surface area contributed by atoms with Crippen molar-refractivity contribution in [3.8, 4) is 0 Å². The molecule has 0 amide bonds. The molecule has 0 aromatic heterocycles. The Bertz CT molecular complexity index is 152. The van der Waals surface area contributed by atoms with Gasteiger partial charge in [-0.1, -0.05) is 6.58 Å². The van der Waals surface area contributed by atoms with Gasteiger partial charge in [-0.2, -0.15) is 12.6 Å². The summed E-state index contributed by atoms with van der Waals surface area (Å²) in [4.78, 5) is 20.3. The molecular formula is C5H6O3S. The lowest BCUT2D eigenvalue weighted by atomic mass is 10.3. The molecule has 0 bridgehead atoms. The maximum Gasteiger partial charge on any atom is 0.324 e. The van der Waals surface area contributed by atoms with Crippen molar-refractivity contribution in [2.75, 3.05) is 0 Å². The second kappa shape index (κ2) is 3.29. The number of carboxylic acid groups (broad SMARTS) is 1. The van der Waals surface area contributed by atoms with Crippen LogP contribution in [0.25, 0.3) is 0 Å². The monoisotopic (exact) mass is 146 g/mol. The second-order valence-corrected chi connectivity index (χ2v) is 1.86. The average molecular weight is 146 g/mol. The maximum atomic E-state index is 10.4. The molecule has 0 aliphatic carbocycles. The summed E-state index contributed by atoms with van der Waals surface area (Å²) >= 11 is 3.48. The second-order valence-electron chi connectivity index (χ2n) is 1.35. The first-order chi connectivity index (χ1) is 4.09. The molecule has 0 saturated carbocycles. The zero-order valence-corrected chi connectivity index (χ0v) is 5.47. The molecule has 0 rings (SSSR count). The Labute approximate surface area is 57.8 Å². The first-order valence-electron chi connectivity index (χ1n) is 2.16.